The molecule has 2 atom stereocenters. The number of carbonyl (C=O) groups excluding carboxylic acids is 1. The van der Waals surface area contributed by atoms with Gasteiger partial charge in [0.05, 0.1) is 18.3 Å². The molecule has 0 saturated carbocycles. The molecule has 11 heteroatoms. The maximum atomic E-state index is 13.2. The Morgan fingerprint density at radius 3 is 2.27 bits per heavy atom. The number of aromatic nitrogens is 1. The van der Waals surface area contributed by atoms with Crippen molar-refractivity contribution in [2.24, 2.45) is 11.1 Å². The van der Waals surface area contributed by atoms with Crippen molar-refractivity contribution in [1.82, 2.24) is 4.98 Å². The third-order valence-corrected chi connectivity index (χ3v) is 6.54. The van der Waals surface area contributed by atoms with Gasteiger partial charge < -0.3 is 20.3 Å². The van der Waals surface area contributed by atoms with Crippen molar-refractivity contribution in [1.29, 1.82) is 0 Å². The van der Waals surface area contributed by atoms with Crippen LogP contribution in [0.5, 0.6) is 0 Å². The number of rotatable bonds is 12. The van der Waals surface area contributed by atoms with Crippen molar-refractivity contribution >= 4 is 27.8 Å². The van der Waals surface area contributed by atoms with Gasteiger partial charge in [0.15, 0.2) is 5.69 Å². The Hall–Kier alpha value is -3.02. The molecule has 204 valence electrons. The summed E-state index contributed by atoms with van der Waals surface area (Å²) in [6, 6.07) is 12.0. The smallest absolute Gasteiger partial charge is 0.354 e. The first kappa shape index (κ1) is 30.2. The average Bonchev–Trinajstić information content (AvgIpc) is 2.79. The van der Waals surface area contributed by atoms with Crippen LogP contribution in [0.25, 0.3) is 0 Å². The van der Waals surface area contributed by atoms with Crippen LogP contribution < -0.4 is 10.0 Å². The summed E-state index contributed by atoms with van der Waals surface area (Å²) in [5.41, 5.74) is 5.17. The van der Waals surface area contributed by atoms with Gasteiger partial charge in [-0.25, -0.2) is 18.2 Å². The molecule has 1 heterocycles. The minimum Gasteiger partial charge on any atom is -0.477 e. The predicted octanol–water partition coefficient (Wildman–Crippen LogP) is 3.52. The second-order valence-corrected chi connectivity index (χ2v) is 12.1. The van der Waals surface area contributed by atoms with E-state index in [0.29, 0.717) is 12.8 Å². The zero-order valence-corrected chi connectivity index (χ0v) is 23.0. The summed E-state index contributed by atoms with van der Waals surface area (Å²) in [5, 5.41) is 9.56. The van der Waals surface area contributed by atoms with E-state index in [2.05, 4.69) is 4.98 Å². The second kappa shape index (κ2) is 12.0. The average molecular weight is 536 g/mol. The highest BCUT2D eigenvalue weighted by molar-refractivity contribution is 7.92. The van der Waals surface area contributed by atoms with Crippen molar-refractivity contribution in [2.45, 2.75) is 59.3 Å². The number of carbonyl (C=O) groups is 2. The third-order valence-electron chi connectivity index (χ3n) is 5.37. The molecule has 2 rings (SSSR count). The van der Waals surface area contributed by atoms with E-state index < -0.39 is 39.2 Å². The van der Waals surface area contributed by atoms with Crippen LogP contribution in [-0.2, 0) is 30.7 Å². The highest BCUT2D eigenvalue weighted by Crippen LogP contribution is 2.30. The van der Waals surface area contributed by atoms with Crippen LogP contribution >= 0.6 is 0 Å². The maximum absolute atomic E-state index is 13.2. The highest BCUT2D eigenvalue weighted by Gasteiger charge is 2.38. The van der Waals surface area contributed by atoms with Gasteiger partial charge in [0.25, 0.3) is 0 Å². The molecule has 0 aliphatic rings. The molecule has 1 aromatic heterocycles. The summed E-state index contributed by atoms with van der Waals surface area (Å²) in [4.78, 5) is 28.9. The Balaban J connectivity index is 2.40. The summed E-state index contributed by atoms with van der Waals surface area (Å²) >= 11 is 0. The van der Waals surface area contributed by atoms with Crippen LogP contribution in [0.4, 0.5) is 5.82 Å². The van der Waals surface area contributed by atoms with Gasteiger partial charge in [0.1, 0.15) is 17.6 Å². The summed E-state index contributed by atoms with van der Waals surface area (Å²) in [7, 11) is -3.73. The topological polar surface area (TPSA) is 149 Å². The number of benzene rings is 1. The molecule has 0 aliphatic heterocycles. The molecule has 0 radical (unpaired) electrons. The van der Waals surface area contributed by atoms with E-state index in [4.69, 9.17) is 15.2 Å². The van der Waals surface area contributed by atoms with Gasteiger partial charge in [0.2, 0.25) is 10.0 Å². The van der Waals surface area contributed by atoms with E-state index in [9.17, 15) is 23.1 Å². The molecule has 3 N–H and O–H groups in total. The van der Waals surface area contributed by atoms with Gasteiger partial charge in [-0.15, -0.1) is 0 Å². The fraction of sp³-hybridized carbons (Fsp3) is 0.500. The number of hydrogen-bond donors (Lipinski definition) is 2. The Morgan fingerprint density at radius 2 is 1.76 bits per heavy atom. The summed E-state index contributed by atoms with van der Waals surface area (Å²) in [6.07, 6.45) is 0.650. The molecular formula is C26H37N3O7S. The Morgan fingerprint density at radius 1 is 1.14 bits per heavy atom. The molecular weight excluding hydrogens is 498 g/mol. The number of hydrogen-bond acceptors (Lipinski definition) is 8. The number of esters is 1. The summed E-state index contributed by atoms with van der Waals surface area (Å²) < 4.78 is 37.2. The molecule has 0 spiro atoms. The largest absolute Gasteiger partial charge is 0.477 e. The summed E-state index contributed by atoms with van der Waals surface area (Å²) in [6.45, 7) is 8.80. The van der Waals surface area contributed by atoms with E-state index >= 15 is 0 Å². The fourth-order valence-corrected chi connectivity index (χ4v) is 4.54. The monoisotopic (exact) mass is 535 g/mol. The first-order valence-electron chi connectivity index (χ1n) is 11.9. The van der Waals surface area contributed by atoms with Gasteiger partial charge in [-0.3, -0.25) is 9.10 Å². The molecule has 0 saturated heterocycles. The van der Waals surface area contributed by atoms with Crippen molar-refractivity contribution in [3.05, 3.63) is 59.3 Å². The summed E-state index contributed by atoms with van der Waals surface area (Å²) in [5.74, 6) is -1.88. The number of nitrogens with two attached hydrogens (primary N) is 1. The predicted molar refractivity (Wildman–Crippen MR) is 141 cm³/mol. The Bertz CT molecular complexity index is 1200. The highest BCUT2D eigenvalue weighted by atomic mass is 32.2. The van der Waals surface area contributed by atoms with Gasteiger partial charge in [-0.1, -0.05) is 37.3 Å². The van der Waals surface area contributed by atoms with Gasteiger partial charge >= 0.3 is 11.9 Å². The van der Waals surface area contributed by atoms with Gasteiger partial charge in [0, 0.05) is 12.1 Å². The van der Waals surface area contributed by atoms with E-state index in [1.807, 2.05) is 30.3 Å². The number of anilines is 1. The van der Waals surface area contributed by atoms with Crippen LogP contribution in [0.3, 0.4) is 0 Å². The van der Waals surface area contributed by atoms with Crippen LogP contribution in [0.1, 0.15) is 68.9 Å². The lowest BCUT2D eigenvalue weighted by atomic mass is 9.84. The van der Waals surface area contributed by atoms with Crippen molar-refractivity contribution in [3.8, 4) is 0 Å². The number of ether oxygens (including phenoxy) is 2. The lowest BCUT2D eigenvalue weighted by molar-refractivity contribution is -0.171. The lowest BCUT2D eigenvalue weighted by Gasteiger charge is -2.32. The standard InChI is InChI=1S/C26H37N3O7S/c1-7-13-29(37(6,33)34)21-15-19(14-20(28-21)23(30)31)22(27)35-17-26(5,24(32)36-25(2,3)4)16-18-11-9-8-10-12-18/h8-12,14-15,22H,7,13,16-17,27H2,1-6H3,(H,30,31). The van der Waals surface area contributed by atoms with Gasteiger partial charge in [-0.05, 0) is 58.2 Å². The number of sulfonamides is 1. The van der Waals surface area contributed by atoms with Crippen molar-refractivity contribution < 1.29 is 32.6 Å². The van der Waals surface area contributed by atoms with Crippen LogP contribution in [0.15, 0.2) is 42.5 Å². The van der Waals surface area contributed by atoms with E-state index in [1.165, 1.54) is 12.1 Å². The fourth-order valence-electron chi connectivity index (χ4n) is 3.59. The molecule has 37 heavy (non-hydrogen) atoms. The molecule has 0 amide bonds. The number of nitrogens with zero attached hydrogens (tertiary/aromatic N) is 2. The maximum Gasteiger partial charge on any atom is 0.354 e. The first-order chi connectivity index (χ1) is 17.1. The zero-order chi connectivity index (χ0) is 28.0. The first-order valence-corrected chi connectivity index (χ1v) is 13.8. The number of carboxylic acids is 1. The molecule has 2 unspecified atom stereocenters. The van der Waals surface area contributed by atoms with Crippen LogP contribution in [0, 0.1) is 5.41 Å². The van der Waals surface area contributed by atoms with E-state index in [1.54, 1.807) is 34.6 Å². The quantitative estimate of drug-likeness (QED) is 0.307. The second-order valence-electron chi connectivity index (χ2n) is 10.2. The molecule has 2 aromatic rings. The SMILES string of the molecule is CCCN(c1cc(C(N)OCC(C)(Cc2ccccc2)C(=O)OC(C)(C)C)cc(C(=O)O)n1)S(C)(=O)=O. The molecule has 0 aliphatic carbocycles. The zero-order valence-electron chi connectivity index (χ0n) is 22.2. The third kappa shape index (κ3) is 8.80. The number of pyridine rings is 1. The molecule has 1 aromatic carbocycles. The Kier molecular flexibility index (Phi) is 9.81. The normalized spacial score (nSPS) is 14.5. The molecule has 0 fully saturated rings. The van der Waals surface area contributed by atoms with Crippen molar-refractivity contribution in [3.63, 3.8) is 0 Å². The minimum absolute atomic E-state index is 0.0718. The van der Waals surface area contributed by atoms with Crippen molar-refractivity contribution in [2.75, 3.05) is 23.7 Å². The number of carboxylic acid groups (broad SMARTS) is 1. The Labute approximate surface area is 218 Å². The lowest BCUT2D eigenvalue weighted by Crippen LogP contribution is -2.41. The van der Waals surface area contributed by atoms with E-state index in [0.717, 1.165) is 16.1 Å². The van der Waals surface area contributed by atoms with E-state index in [-0.39, 0.29) is 30.2 Å². The number of aromatic carboxylic acids is 1. The van der Waals surface area contributed by atoms with Crippen LogP contribution in [0.2, 0.25) is 0 Å². The molecule has 10 nitrogen and oxygen atoms in total. The van der Waals surface area contributed by atoms with Gasteiger partial charge in [-0.2, -0.15) is 0 Å². The minimum atomic E-state index is -3.73. The van der Waals surface area contributed by atoms with Crippen LogP contribution in [-0.4, -0.2) is 55.5 Å². The molecule has 0 bridgehead atoms.